The summed E-state index contributed by atoms with van der Waals surface area (Å²) in [5, 5.41) is 2.88. The van der Waals surface area contributed by atoms with Crippen LogP contribution in [0.2, 0.25) is 0 Å². The van der Waals surface area contributed by atoms with Crippen LogP contribution in [0.4, 0.5) is 4.39 Å². The first-order valence-corrected chi connectivity index (χ1v) is 8.24. The molecule has 0 spiro atoms. The Kier molecular flexibility index (Phi) is 5.07. The maximum Gasteiger partial charge on any atom is 0.225 e. The molecule has 25 heavy (non-hydrogen) atoms. The van der Waals surface area contributed by atoms with Crippen LogP contribution in [-0.4, -0.2) is 28.7 Å². The molecule has 2 aromatic rings. The van der Waals surface area contributed by atoms with E-state index in [9.17, 15) is 14.0 Å². The Bertz CT molecular complexity index is 766. The lowest BCUT2D eigenvalue weighted by Crippen LogP contribution is -2.46. The fraction of sp³-hybridized carbons (Fsp3) is 0.316. The Labute approximate surface area is 145 Å². The molecule has 1 fully saturated rings. The summed E-state index contributed by atoms with van der Waals surface area (Å²) < 4.78 is 14.3. The number of likely N-dealkylation sites (tertiary alicyclic amines) is 1. The summed E-state index contributed by atoms with van der Waals surface area (Å²) in [5.74, 6) is -1.16. The number of nitrogens with zero attached hydrogens (tertiary/aromatic N) is 2. The molecular formula is C19H20FN3O2. The Balaban J connectivity index is 1.81. The highest BCUT2D eigenvalue weighted by molar-refractivity contribution is 5.84. The number of benzene rings is 1. The normalized spacial score (nSPS) is 20.4. The molecule has 2 heterocycles. The van der Waals surface area contributed by atoms with Crippen molar-refractivity contribution in [2.24, 2.45) is 5.92 Å². The third kappa shape index (κ3) is 3.68. The van der Waals surface area contributed by atoms with Gasteiger partial charge in [-0.1, -0.05) is 24.3 Å². The molecule has 1 N–H and O–H groups in total. The van der Waals surface area contributed by atoms with Crippen LogP contribution in [0.3, 0.4) is 0 Å². The van der Waals surface area contributed by atoms with Crippen LogP contribution < -0.4 is 5.32 Å². The van der Waals surface area contributed by atoms with Gasteiger partial charge in [0.25, 0.3) is 0 Å². The first-order valence-electron chi connectivity index (χ1n) is 8.24. The minimum absolute atomic E-state index is 0.0791. The van der Waals surface area contributed by atoms with Crippen LogP contribution in [0, 0.1) is 11.7 Å². The fourth-order valence-electron chi connectivity index (χ4n) is 3.28. The highest BCUT2D eigenvalue weighted by Gasteiger charge is 2.39. The summed E-state index contributed by atoms with van der Waals surface area (Å²) in [5.41, 5.74) is 1.26. The van der Waals surface area contributed by atoms with E-state index in [4.69, 9.17) is 0 Å². The molecule has 2 amide bonds. The smallest absolute Gasteiger partial charge is 0.225 e. The molecule has 130 valence electrons. The minimum atomic E-state index is -0.601. The highest BCUT2D eigenvalue weighted by Crippen LogP contribution is 2.36. The third-order valence-electron chi connectivity index (χ3n) is 4.61. The summed E-state index contributed by atoms with van der Waals surface area (Å²) in [6, 6.07) is 9.38. The van der Waals surface area contributed by atoms with E-state index < -0.39 is 17.8 Å². The molecule has 0 unspecified atom stereocenters. The first kappa shape index (κ1) is 17.1. The lowest BCUT2D eigenvalue weighted by atomic mass is 9.83. The van der Waals surface area contributed by atoms with Gasteiger partial charge >= 0.3 is 0 Å². The predicted octanol–water partition coefficient (Wildman–Crippen LogP) is 2.45. The SMILES string of the molecule is CN1C(=O)CC[C@@H](C(=O)NCc2cccnc2)[C@@H]1c1ccccc1F. The van der Waals surface area contributed by atoms with Crippen molar-refractivity contribution < 1.29 is 14.0 Å². The van der Waals surface area contributed by atoms with Crippen LogP contribution in [-0.2, 0) is 16.1 Å². The molecule has 2 atom stereocenters. The maximum absolute atomic E-state index is 14.3. The van der Waals surface area contributed by atoms with Gasteiger partial charge in [0.05, 0.1) is 12.0 Å². The number of hydrogen-bond acceptors (Lipinski definition) is 3. The number of pyridine rings is 1. The Morgan fingerprint density at radius 2 is 2.12 bits per heavy atom. The number of hydrogen-bond donors (Lipinski definition) is 1. The third-order valence-corrected chi connectivity index (χ3v) is 4.61. The van der Waals surface area contributed by atoms with Gasteiger partial charge in [-0.15, -0.1) is 0 Å². The Hall–Kier alpha value is -2.76. The number of piperidine rings is 1. The molecule has 0 bridgehead atoms. The molecular weight excluding hydrogens is 321 g/mol. The first-order chi connectivity index (χ1) is 12.1. The average molecular weight is 341 g/mol. The van der Waals surface area contributed by atoms with Crippen molar-refractivity contribution >= 4 is 11.8 Å². The molecule has 1 aliphatic rings. The molecule has 5 nitrogen and oxygen atoms in total. The Morgan fingerprint density at radius 1 is 1.32 bits per heavy atom. The number of carbonyl (C=O) groups is 2. The molecule has 1 aliphatic heterocycles. The van der Waals surface area contributed by atoms with Gasteiger partial charge in [-0.05, 0) is 24.1 Å². The summed E-state index contributed by atoms with van der Waals surface area (Å²) in [4.78, 5) is 30.3. The number of amides is 2. The number of aromatic nitrogens is 1. The van der Waals surface area contributed by atoms with Gasteiger partial charge in [-0.3, -0.25) is 14.6 Å². The second-order valence-electron chi connectivity index (χ2n) is 6.20. The topological polar surface area (TPSA) is 62.3 Å². The zero-order chi connectivity index (χ0) is 17.8. The van der Waals surface area contributed by atoms with E-state index in [1.807, 2.05) is 6.07 Å². The van der Waals surface area contributed by atoms with Gasteiger partial charge in [-0.25, -0.2) is 4.39 Å². The zero-order valence-corrected chi connectivity index (χ0v) is 14.0. The molecule has 0 radical (unpaired) electrons. The lowest BCUT2D eigenvalue weighted by molar-refractivity contribution is -0.141. The van der Waals surface area contributed by atoms with Crippen molar-refractivity contribution in [2.75, 3.05) is 7.05 Å². The second kappa shape index (κ2) is 7.42. The fourth-order valence-corrected chi connectivity index (χ4v) is 3.28. The van der Waals surface area contributed by atoms with E-state index in [0.29, 0.717) is 18.5 Å². The average Bonchev–Trinajstić information content (AvgIpc) is 2.63. The number of rotatable bonds is 4. The molecule has 6 heteroatoms. The molecule has 1 aromatic heterocycles. The van der Waals surface area contributed by atoms with Gasteiger partial charge in [0, 0.05) is 38.0 Å². The van der Waals surface area contributed by atoms with Gasteiger partial charge < -0.3 is 10.2 Å². The van der Waals surface area contributed by atoms with Crippen molar-refractivity contribution in [1.82, 2.24) is 15.2 Å². The van der Waals surface area contributed by atoms with E-state index in [-0.39, 0.29) is 18.2 Å². The van der Waals surface area contributed by atoms with Crippen molar-refractivity contribution in [2.45, 2.75) is 25.4 Å². The van der Waals surface area contributed by atoms with Gasteiger partial charge in [0.15, 0.2) is 0 Å². The van der Waals surface area contributed by atoms with E-state index in [0.717, 1.165) is 5.56 Å². The minimum Gasteiger partial charge on any atom is -0.352 e. The second-order valence-corrected chi connectivity index (χ2v) is 6.20. The van der Waals surface area contributed by atoms with Crippen molar-refractivity contribution in [3.05, 3.63) is 65.7 Å². The summed E-state index contributed by atoms with van der Waals surface area (Å²) in [7, 11) is 1.62. The van der Waals surface area contributed by atoms with E-state index in [2.05, 4.69) is 10.3 Å². The van der Waals surface area contributed by atoms with Crippen molar-refractivity contribution in [1.29, 1.82) is 0 Å². The molecule has 0 aliphatic carbocycles. The molecule has 1 saturated heterocycles. The van der Waals surface area contributed by atoms with Gasteiger partial charge in [0.1, 0.15) is 5.82 Å². The van der Waals surface area contributed by atoms with Crippen molar-refractivity contribution in [3.8, 4) is 0 Å². The van der Waals surface area contributed by atoms with E-state index in [1.165, 1.54) is 11.0 Å². The quantitative estimate of drug-likeness (QED) is 0.929. The van der Waals surface area contributed by atoms with Crippen LogP contribution in [0.1, 0.15) is 30.0 Å². The van der Waals surface area contributed by atoms with E-state index >= 15 is 0 Å². The summed E-state index contributed by atoms with van der Waals surface area (Å²) in [6.45, 7) is 0.352. The number of nitrogens with one attached hydrogen (secondary N) is 1. The highest BCUT2D eigenvalue weighted by atomic mass is 19.1. The number of carbonyl (C=O) groups excluding carboxylic acids is 2. The predicted molar refractivity (Wildman–Crippen MR) is 90.7 cm³/mol. The van der Waals surface area contributed by atoms with Gasteiger partial charge in [0.2, 0.25) is 11.8 Å². The standard InChI is InChI=1S/C19H20FN3O2/c1-23-17(24)9-8-15(18(23)14-6-2-3-7-16(14)20)19(25)22-12-13-5-4-10-21-11-13/h2-7,10-11,15,18H,8-9,12H2,1H3,(H,22,25)/t15-,18+/m1/s1. The molecule has 1 aromatic carbocycles. The summed E-state index contributed by atoms with van der Waals surface area (Å²) >= 11 is 0. The summed E-state index contributed by atoms with van der Waals surface area (Å²) in [6.07, 6.45) is 4.04. The lowest BCUT2D eigenvalue weighted by Gasteiger charge is -2.38. The monoisotopic (exact) mass is 341 g/mol. The zero-order valence-electron chi connectivity index (χ0n) is 14.0. The largest absolute Gasteiger partial charge is 0.352 e. The van der Waals surface area contributed by atoms with Crippen LogP contribution in [0.15, 0.2) is 48.8 Å². The molecule has 0 saturated carbocycles. The van der Waals surface area contributed by atoms with Crippen molar-refractivity contribution in [3.63, 3.8) is 0 Å². The number of halogens is 1. The van der Waals surface area contributed by atoms with Gasteiger partial charge in [-0.2, -0.15) is 0 Å². The molecule has 3 rings (SSSR count). The maximum atomic E-state index is 14.3. The van der Waals surface area contributed by atoms with Crippen LogP contribution >= 0.6 is 0 Å². The van der Waals surface area contributed by atoms with Crippen LogP contribution in [0.5, 0.6) is 0 Å². The van der Waals surface area contributed by atoms with Crippen LogP contribution in [0.25, 0.3) is 0 Å². The van der Waals surface area contributed by atoms with E-state index in [1.54, 1.807) is 43.7 Å². The Morgan fingerprint density at radius 3 is 2.84 bits per heavy atom.